The number of ketones is 1. The summed E-state index contributed by atoms with van der Waals surface area (Å²) in [6.07, 6.45) is 5.94. The van der Waals surface area contributed by atoms with Crippen molar-refractivity contribution in [2.75, 3.05) is 0 Å². The van der Waals surface area contributed by atoms with Crippen LogP contribution in [0.1, 0.15) is 98.2 Å². The number of hydrogen-bond acceptors (Lipinski definition) is 3. The van der Waals surface area contributed by atoms with Gasteiger partial charge in [0.25, 0.3) is 0 Å². The minimum absolute atomic E-state index is 0.0842. The molecule has 1 unspecified atom stereocenters. The molecule has 260 valence electrons. The maximum Gasteiger partial charge on any atom is 0.159 e. The lowest BCUT2D eigenvalue weighted by Gasteiger charge is -2.16. The molecule has 5 aromatic rings. The highest BCUT2D eigenvalue weighted by molar-refractivity contribution is 5.93. The zero-order valence-corrected chi connectivity index (χ0v) is 31.2. The molecule has 0 heterocycles. The van der Waals surface area contributed by atoms with Crippen LogP contribution in [-0.2, 0) is 5.60 Å². The van der Waals surface area contributed by atoms with E-state index in [-0.39, 0.29) is 11.8 Å². The quantitative estimate of drug-likeness (QED) is 0.179. The second kappa shape index (κ2) is 26.2. The Morgan fingerprint density at radius 3 is 1.49 bits per heavy atom. The molecule has 5 rings (SSSR count). The molecule has 0 amide bonds. The predicted molar refractivity (Wildman–Crippen MR) is 216 cm³/mol. The number of aryl methyl sites for hydroxylation is 2. The Morgan fingerprint density at radius 2 is 1.14 bits per heavy atom. The maximum absolute atomic E-state index is 10.6. The van der Waals surface area contributed by atoms with Gasteiger partial charge in [0, 0.05) is 11.6 Å². The third kappa shape index (κ3) is 19.6. The monoisotopic (exact) mass is 657 g/mol. The van der Waals surface area contributed by atoms with Gasteiger partial charge in [-0.1, -0.05) is 198 Å². The van der Waals surface area contributed by atoms with Crippen molar-refractivity contribution in [3.05, 3.63) is 191 Å². The number of benzene rings is 5. The fourth-order valence-corrected chi connectivity index (χ4v) is 4.14. The molecule has 1 atom stereocenters. The van der Waals surface area contributed by atoms with Crippen LogP contribution in [0.4, 0.5) is 0 Å². The molecular weight excluding hydrogens is 599 g/mol. The number of aliphatic hydroxyl groups is 1. The molecule has 0 bridgehead atoms. The first-order chi connectivity index (χ1) is 23.5. The molecule has 0 aromatic heterocycles. The van der Waals surface area contributed by atoms with Crippen LogP contribution in [0.25, 0.3) is 12.2 Å². The molecule has 5 aromatic carbocycles. The molecule has 0 aliphatic heterocycles. The summed E-state index contributed by atoms with van der Waals surface area (Å²) in [4.78, 5) is 10.6. The van der Waals surface area contributed by atoms with E-state index in [4.69, 9.17) is 5.73 Å². The molecule has 0 radical (unpaired) electrons. The first kappa shape index (κ1) is 44.2. The molecule has 49 heavy (non-hydrogen) atoms. The van der Waals surface area contributed by atoms with E-state index < -0.39 is 5.60 Å². The second-order valence-corrected chi connectivity index (χ2v) is 11.1. The van der Waals surface area contributed by atoms with Gasteiger partial charge in [0.1, 0.15) is 0 Å². The van der Waals surface area contributed by atoms with Gasteiger partial charge in [-0.05, 0) is 62.4 Å². The Morgan fingerprint density at radius 1 is 0.694 bits per heavy atom. The zero-order chi connectivity index (χ0) is 37.1. The van der Waals surface area contributed by atoms with Gasteiger partial charge in [-0.3, -0.25) is 4.79 Å². The maximum atomic E-state index is 10.6. The van der Waals surface area contributed by atoms with Crippen molar-refractivity contribution in [1.82, 2.24) is 0 Å². The molecular formula is C46H59NO2. The second-order valence-electron chi connectivity index (χ2n) is 11.1. The lowest BCUT2D eigenvalue weighted by molar-refractivity contribution is 0.0786. The Bertz CT molecular complexity index is 1570. The topological polar surface area (TPSA) is 63.3 Å². The smallest absolute Gasteiger partial charge is 0.159 e. The third-order valence-corrected chi connectivity index (χ3v) is 6.79. The summed E-state index contributed by atoms with van der Waals surface area (Å²) >= 11 is 0. The van der Waals surface area contributed by atoms with Crippen LogP contribution >= 0.6 is 0 Å². The molecule has 0 spiro atoms. The molecule has 3 N–H and O–H groups in total. The Labute approximate surface area is 297 Å². The fraction of sp³-hybridized carbons (Fsp3) is 0.239. The van der Waals surface area contributed by atoms with E-state index in [1.54, 1.807) is 20.8 Å². The van der Waals surface area contributed by atoms with Crippen LogP contribution in [0.2, 0.25) is 0 Å². The molecule has 3 nitrogen and oxygen atoms in total. The number of nitrogens with two attached hydrogens (primary N) is 1. The highest BCUT2D eigenvalue weighted by Gasteiger charge is 2.13. The van der Waals surface area contributed by atoms with E-state index in [1.165, 1.54) is 16.7 Å². The third-order valence-electron chi connectivity index (χ3n) is 6.79. The van der Waals surface area contributed by atoms with Crippen molar-refractivity contribution in [3.8, 4) is 0 Å². The molecule has 0 saturated carbocycles. The van der Waals surface area contributed by atoms with Crippen molar-refractivity contribution in [1.29, 1.82) is 0 Å². The van der Waals surface area contributed by atoms with E-state index in [2.05, 4.69) is 62.9 Å². The highest BCUT2D eigenvalue weighted by atomic mass is 16.3. The number of hydrogen-bond donors (Lipinski definition) is 2. The van der Waals surface area contributed by atoms with Crippen LogP contribution in [0.3, 0.4) is 0 Å². The standard InChI is InChI=1S/C18H19N.C9H12O.C8H8O.C7H8.2C2H6/c1-3-15-9-11-17(14(2)13-15)18(19)12-10-16-7-5-4-6-8-16;1-9(2,10)8-6-4-3-5-7-8;1-7(9)8-5-3-2-4-6-8;1-7-5-3-2-4-6-7;2*1-2/h3-13,18H,1,19H2,2H3;3-7,10H,1-2H3;2-6H,1H3;2-6H,1H3;2*1-2H3/b12-10+;;;;;. The molecule has 3 heteroatoms. The molecule has 0 saturated heterocycles. The summed E-state index contributed by atoms with van der Waals surface area (Å²) < 4.78 is 0. The lowest BCUT2D eigenvalue weighted by Crippen LogP contribution is -2.14. The van der Waals surface area contributed by atoms with E-state index in [0.717, 1.165) is 22.3 Å². The normalized spacial score (nSPS) is 10.3. The van der Waals surface area contributed by atoms with E-state index in [0.29, 0.717) is 0 Å². The first-order valence-corrected chi connectivity index (χ1v) is 17.1. The number of carbonyl (C=O) groups is 1. The summed E-state index contributed by atoms with van der Waals surface area (Å²) in [6.45, 7) is 21.1. The summed E-state index contributed by atoms with van der Waals surface area (Å²) in [6, 6.07) is 45.4. The van der Waals surface area contributed by atoms with Gasteiger partial charge in [-0.25, -0.2) is 0 Å². The van der Waals surface area contributed by atoms with Gasteiger partial charge in [-0.15, -0.1) is 0 Å². The summed E-state index contributed by atoms with van der Waals surface area (Å²) in [5.41, 5.74) is 13.2. The zero-order valence-electron chi connectivity index (χ0n) is 31.2. The van der Waals surface area contributed by atoms with Crippen molar-refractivity contribution in [3.63, 3.8) is 0 Å². The van der Waals surface area contributed by atoms with E-state index in [9.17, 15) is 9.90 Å². The summed E-state index contributed by atoms with van der Waals surface area (Å²) in [5, 5.41) is 9.49. The van der Waals surface area contributed by atoms with Gasteiger partial charge < -0.3 is 10.8 Å². The van der Waals surface area contributed by atoms with Crippen LogP contribution < -0.4 is 5.73 Å². The highest BCUT2D eigenvalue weighted by Crippen LogP contribution is 2.20. The van der Waals surface area contributed by atoms with Crippen LogP contribution in [0.5, 0.6) is 0 Å². The Kier molecular flexibility index (Phi) is 23.6. The summed E-state index contributed by atoms with van der Waals surface area (Å²) in [7, 11) is 0. The van der Waals surface area contributed by atoms with Gasteiger partial charge in [-0.2, -0.15) is 0 Å². The van der Waals surface area contributed by atoms with E-state index in [1.807, 2.05) is 143 Å². The van der Waals surface area contributed by atoms with Crippen molar-refractivity contribution in [2.24, 2.45) is 5.73 Å². The molecule has 0 fully saturated rings. The van der Waals surface area contributed by atoms with Crippen LogP contribution in [0.15, 0.2) is 152 Å². The van der Waals surface area contributed by atoms with Gasteiger partial charge in [0.15, 0.2) is 5.78 Å². The minimum atomic E-state index is -0.707. The Hall–Kier alpha value is -4.83. The van der Waals surface area contributed by atoms with Gasteiger partial charge in [0.05, 0.1) is 5.60 Å². The minimum Gasteiger partial charge on any atom is -0.386 e. The largest absolute Gasteiger partial charge is 0.386 e. The molecule has 0 aliphatic rings. The summed E-state index contributed by atoms with van der Waals surface area (Å²) in [5.74, 6) is 0.121. The number of carbonyl (C=O) groups excluding carboxylic acids is 1. The predicted octanol–water partition coefficient (Wildman–Crippen LogP) is 12.2. The SMILES string of the molecule is C=Cc1ccc(C(N)/C=C/c2ccccc2)c(C)c1.CC.CC.CC(=O)c1ccccc1.CC(C)(O)c1ccccc1.Cc1ccccc1. The van der Waals surface area contributed by atoms with Crippen molar-refractivity contribution < 1.29 is 9.90 Å². The lowest BCUT2D eigenvalue weighted by atomic mass is 9.98. The average Bonchev–Trinajstić information content (AvgIpc) is 3.14. The first-order valence-electron chi connectivity index (χ1n) is 17.1. The van der Waals surface area contributed by atoms with Gasteiger partial charge in [0.2, 0.25) is 0 Å². The fourth-order valence-electron chi connectivity index (χ4n) is 4.14. The van der Waals surface area contributed by atoms with Crippen molar-refractivity contribution >= 4 is 17.9 Å². The Balaban J connectivity index is 0.000000652. The van der Waals surface area contributed by atoms with Crippen LogP contribution in [-0.4, -0.2) is 10.9 Å². The number of rotatable bonds is 6. The average molecular weight is 658 g/mol. The van der Waals surface area contributed by atoms with Crippen LogP contribution in [0, 0.1) is 13.8 Å². The number of Topliss-reactive ketones (excluding diaryl/α,β-unsaturated/α-hetero) is 1. The van der Waals surface area contributed by atoms with Crippen molar-refractivity contribution in [2.45, 2.75) is 74.0 Å². The van der Waals surface area contributed by atoms with E-state index >= 15 is 0 Å². The molecule has 0 aliphatic carbocycles. The van der Waals surface area contributed by atoms with Gasteiger partial charge >= 0.3 is 0 Å².